The molecule has 5 N–H and O–H groups in total. The Morgan fingerprint density at radius 2 is 0.875 bits per heavy atom. The monoisotopic (exact) mass is 562 g/mol. The Labute approximate surface area is 240 Å². The van der Waals surface area contributed by atoms with Crippen LogP contribution in [0.4, 0.5) is 11.4 Å². The highest BCUT2D eigenvalue weighted by molar-refractivity contribution is 5.40. The molecule has 0 aromatic heterocycles. The minimum atomic E-state index is -0.915. The van der Waals surface area contributed by atoms with Crippen LogP contribution in [0, 0.1) is 0 Å². The molecular weight excluding hydrogens is 512 g/mol. The molecule has 0 radical (unpaired) electrons. The van der Waals surface area contributed by atoms with Crippen LogP contribution in [0.25, 0.3) is 0 Å². The zero-order valence-corrected chi connectivity index (χ0v) is 24.1. The molecule has 2 aromatic carbocycles. The van der Waals surface area contributed by atoms with Gasteiger partial charge in [0, 0.05) is 69.3 Å². The summed E-state index contributed by atoms with van der Waals surface area (Å²) in [4.78, 5) is 0. The number of benzene rings is 2. The van der Waals surface area contributed by atoms with Crippen molar-refractivity contribution >= 4 is 11.4 Å². The molecule has 2 atom stereocenters. The average Bonchev–Trinajstić information content (AvgIpc) is 2.96. The number of hydrogen-bond donors (Lipinski definition) is 3. The van der Waals surface area contributed by atoms with E-state index >= 15 is 0 Å². The van der Waals surface area contributed by atoms with Gasteiger partial charge in [0.2, 0.25) is 0 Å². The number of unbranched alkanes of at least 4 members (excludes halogenated alkanes) is 4. The number of methoxy groups -OCH3 is 1. The zero-order valence-electron chi connectivity index (χ0n) is 24.1. The Hall–Kier alpha value is -2.24. The minimum absolute atomic E-state index is 0.367. The maximum atomic E-state index is 10.00. The lowest BCUT2D eigenvalue weighted by molar-refractivity contribution is -0.129. The van der Waals surface area contributed by atoms with E-state index in [0.717, 1.165) is 95.7 Å². The Kier molecular flexibility index (Phi) is 19.1. The molecule has 40 heavy (non-hydrogen) atoms. The molecule has 9 nitrogen and oxygen atoms in total. The number of aliphatic hydroxyl groups is 1. The first kappa shape index (κ1) is 34.0. The van der Waals surface area contributed by atoms with Crippen molar-refractivity contribution in [2.75, 3.05) is 71.4 Å². The summed E-state index contributed by atoms with van der Waals surface area (Å²) in [5, 5.41) is 10.00. The lowest BCUT2D eigenvalue weighted by Gasteiger charge is -2.16. The van der Waals surface area contributed by atoms with E-state index in [0.29, 0.717) is 31.1 Å². The molecule has 0 aliphatic heterocycles. The third kappa shape index (κ3) is 16.1. The Morgan fingerprint density at radius 3 is 1.27 bits per heavy atom. The summed E-state index contributed by atoms with van der Waals surface area (Å²) in [6, 6.07) is 14.6. The number of aliphatic hydroxyl groups excluding tert-OH is 1. The average molecular weight is 563 g/mol. The van der Waals surface area contributed by atoms with Gasteiger partial charge in [-0.1, -0.05) is 24.3 Å². The molecule has 2 rings (SSSR count). The molecule has 0 bridgehead atoms. The summed E-state index contributed by atoms with van der Waals surface area (Å²) in [5.41, 5.74) is 14.4. The van der Waals surface area contributed by atoms with Crippen LogP contribution in [0.3, 0.4) is 0 Å². The maximum absolute atomic E-state index is 10.00. The van der Waals surface area contributed by atoms with Crippen LogP contribution in [0.5, 0.6) is 0 Å². The molecule has 2 unspecified atom stereocenters. The number of hydrogen-bond acceptors (Lipinski definition) is 9. The van der Waals surface area contributed by atoms with Gasteiger partial charge in [-0.25, -0.2) is 0 Å². The van der Waals surface area contributed by atoms with E-state index in [-0.39, 0.29) is 6.29 Å². The highest BCUT2D eigenvalue weighted by Gasteiger charge is 2.10. The number of nitrogen functional groups attached to an aromatic ring is 2. The van der Waals surface area contributed by atoms with Gasteiger partial charge >= 0.3 is 0 Å². The smallest absolute Gasteiger partial charge is 0.183 e. The fourth-order valence-electron chi connectivity index (χ4n) is 3.83. The van der Waals surface area contributed by atoms with Crippen molar-refractivity contribution in [1.82, 2.24) is 0 Å². The molecule has 0 saturated heterocycles. The van der Waals surface area contributed by atoms with Crippen LogP contribution in [0.2, 0.25) is 0 Å². The highest BCUT2D eigenvalue weighted by Crippen LogP contribution is 2.20. The molecule has 0 fully saturated rings. The Bertz CT molecular complexity index is 852. The molecule has 2 aromatic rings. The van der Waals surface area contributed by atoms with Gasteiger partial charge in [0.1, 0.15) is 0 Å². The summed E-state index contributed by atoms with van der Waals surface area (Å²) in [7, 11) is 1.64. The van der Waals surface area contributed by atoms with Gasteiger partial charge in [-0.2, -0.15) is 0 Å². The van der Waals surface area contributed by atoms with Crippen molar-refractivity contribution in [3.63, 3.8) is 0 Å². The normalized spacial score (nSPS) is 12.9. The largest absolute Gasteiger partial charge is 0.399 e. The second kappa shape index (κ2) is 22.4. The summed E-state index contributed by atoms with van der Waals surface area (Å²) < 4.78 is 33.8. The van der Waals surface area contributed by atoms with Gasteiger partial charge < -0.3 is 45.0 Å². The Morgan fingerprint density at radius 1 is 0.525 bits per heavy atom. The van der Waals surface area contributed by atoms with Gasteiger partial charge in [-0.05, 0) is 75.6 Å². The fraction of sp³-hybridized carbons (Fsp3) is 0.613. The van der Waals surface area contributed by atoms with E-state index in [1.807, 2.05) is 24.3 Å². The summed E-state index contributed by atoms with van der Waals surface area (Å²) >= 11 is 0. The lowest BCUT2D eigenvalue weighted by atomic mass is 10.2. The van der Waals surface area contributed by atoms with E-state index in [9.17, 15) is 5.11 Å². The number of ether oxygens (including phenoxy) is 6. The molecule has 0 spiro atoms. The van der Waals surface area contributed by atoms with Crippen molar-refractivity contribution in [3.05, 3.63) is 59.7 Å². The fourth-order valence-corrected chi connectivity index (χ4v) is 3.83. The molecule has 0 aliphatic carbocycles. The first-order valence-electron chi connectivity index (χ1n) is 14.5. The number of nitrogens with two attached hydrogens (primary N) is 2. The summed E-state index contributed by atoms with van der Waals surface area (Å²) in [6.07, 6.45) is 6.34. The van der Waals surface area contributed by atoms with Crippen molar-refractivity contribution in [2.45, 2.75) is 63.9 Å². The SMILES string of the molecule is COC(OCCCCOCCCCOCCCCOCCCCOC(O)c1ccc(N)cc1)c1ccc(N)cc1. The predicted molar refractivity (Wildman–Crippen MR) is 158 cm³/mol. The van der Waals surface area contributed by atoms with Gasteiger partial charge in [-0.15, -0.1) is 0 Å². The van der Waals surface area contributed by atoms with E-state index in [1.54, 1.807) is 31.4 Å². The zero-order chi connectivity index (χ0) is 28.7. The first-order chi connectivity index (χ1) is 19.6. The van der Waals surface area contributed by atoms with Crippen LogP contribution in [0.1, 0.15) is 75.1 Å². The molecule has 0 amide bonds. The van der Waals surface area contributed by atoms with Crippen molar-refractivity contribution in [2.24, 2.45) is 0 Å². The standard InChI is InChI=1S/C31H50N2O7/c1-35-31(27-12-16-29(33)17-13-27)40-25-9-7-23-38-21-5-3-19-36-18-2-4-20-37-22-6-8-24-39-30(34)26-10-14-28(32)15-11-26/h10-17,30-31,34H,2-9,18-25,32-33H2,1H3. The van der Waals surface area contributed by atoms with Crippen LogP contribution in [0.15, 0.2) is 48.5 Å². The van der Waals surface area contributed by atoms with Gasteiger partial charge in [-0.3, -0.25) is 0 Å². The number of anilines is 2. The molecule has 0 saturated carbocycles. The molecule has 9 heteroatoms. The summed E-state index contributed by atoms with van der Waals surface area (Å²) in [5.74, 6) is 0. The Balaban J connectivity index is 1.26. The molecule has 0 heterocycles. The van der Waals surface area contributed by atoms with Gasteiger partial charge in [0.05, 0.1) is 13.2 Å². The summed E-state index contributed by atoms with van der Waals surface area (Å²) in [6.45, 7) is 5.58. The maximum Gasteiger partial charge on any atom is 0.183 e. The molecule has 0 aliphatic rings. The van der Waals surface area contributed by atoms with E-state index in [2.05, 4.69) is 0 Å². The molecular formula is C31H50N2O7. The van der Waals surface area contributed by atoms with Crippen LogP contribution < -0.4 is 11.5 Å². The third-order valence-electron chi connectivity index (χ3n) is 6.21. The minimum Gasteiger partial charge on any atom is -0.399 e. The molecule has 226 valence electrons. The third-order valence-corrected chi connectivity index (χ3v) is 6.21. The number of rotatable bonds is 25. The van der Waals surface area contributed by atoms with Crippen molar-refractivity contribution in [1.29, 1.82) is 0 Å². The predicted octanol–water partition coefficient (Wildman–Crippen LogP) is 5.39. The van der Waals surface area contributed by atoms with E-state index in [4.69, 9.17) is 39.9 Å². The van der Waals surface area contributed by atoms with E-state index < -0.39 is 6.29 Å². The topological polar surface area (TPSA) is 128 Å². The van der Waals surface area contributed by atoms with Crippen molar-refractivity contribution in [3.8, 4) is 0 Å². The van der Waals surface area contributed by atoms with Crippen molar-refractivity contribution < 1.29 is 33.5 Å². The highest BCUT2D eigenvalue weighted by atomic mass is 16.7. The quantitative estimate of drug-likeness (QED) is 0.0829. The first-order valence-corrected chi connectivity index (χ1v) is 14.5. The van der Waals surface area contributed by atoms with Gasteiger partial charge in [0.25, 0.3) is 0 Å². The second-order valence-corrected chi connectivity index (χ2v) is 9.66. The van der Waals surface area contributed by atoms with Gasteiger partial charge in [0.15, 0.2) is 12.6 Å². The second-order valence-electron chi connectivity index (χ2n) is 9.66. The van der Waals surface area contributed by atoms with Crippen LogP contribution in [-0.4, -0.2) is 65.1 Å². The van der Waals surface area contributed by atoms with Crippen LogP contribution >= 0.6 is 0 Å². The lowest BCUT2D eigenvalue weighted by Crippen LogP contribution is -2.08. The van der Waals surface area contributed by atoms with Crippen LogP contribution in [-0.2, 0) is 28.4 Å². The van der Waals surface area contributed by atoms with E-state index in [1.165, 1.54) is 0 Å².